The molecule has 0 aromatic heterocycles. The highest BCUT2D eigenvalue weighted by Gasteiger charge is 2.37. The summed E-state index contributed by atoms with van der Waals surface area (Å²) >= 11 is 0. The van der Waals surface area contributed by atoms with Gasteiger partial charge >= 0.3 is 24.2 Å². The largest absolute Gasteiger partial charge is 0.513 e. The van der Waals surface area contributed by atoms with Gasteiger partial charge in [0.1, 0.15) is 11.6 Å². The maximum Gasteiger partial charge on any atom is 0.513 e. The molecule has 39 heavy (non-hydrogen) atoms. The molecule has 0 saturated heterocycles. The number of ether oxygens (including phenoxy) is 5. The first kappa shape index (κ1) is 33.7. The quantitative estimate of drug-likeness (QED) is 0.119. The van der Waals surface area contributed by atoms with Crippen LogP contribution in [0.3, 0.4) is 0 Å². The van der Waals surface area contributed by atoms with Crippen molar-refractivity contribution in [2.75, 3.05) is 13.2 Å². The predicted octanol–water partition coefficient (Wildman–Crippen LogP) is 5.26. The van der Waals surface area contributed by atoms with Gasteiger partial charge in [-0.25, -0.2) is 9.59 Å². The van der Waals surface area contributed by atoms with Crippen LogP contribution >= 0.6 is 0 Å². The molecular formula is C28H43NO10. The first-order valence-electron chi connectivity index (χ1n) is 13.4. The number of carboxylic acid groups (broad SMARTS) is 1. The third kappa shape index (κ3) is 11.9. The van der Waals surface area contributed by atoms with Crippen molar-refractivity contribution in [2.45, 2.75) is 91.7 Å². The Balaban J connectivity index is 3.14. The first-order chi connectivity index (χ1) is 18.3. The van der Waals surface area contributed by atoms with E-state index in [9.17, 15) is 24.3 Å². The Labute approximate surface area is 230 Å². The number of unbranched alkanes of at least 4 members (excludes halogenated alkanes) is 2. The minimum Gasteiger partial charge on any atom is -0.480 e. The molecule has 0 bridgehead atoms. The lowest BCUT2D eigenvalue weighted by Crippen LogP contribution is -2.52. The Hall–Kier alpha value is -3.34. The Morgan fingerprint density at radius 2 is 1.44 bits per heavy atom. The number of benzene rings is 1. The fourth-order valence-corrected chi connectivity index (χ4v) is 3.40. The van der Waals surface area contributed by atoms with Crippen molar-refractivity contribution in [1.29, 1.82) is 0 Å². The van der Waals surface area contributed by atoms with Crippen molar-refractivity contribution in [1.82, 2.24) is 0 Å². The lowest BCUT2D eigenvalue weighted by atomic mass is 9.86. The van der Waals surface area contributed by atoms with Crippen molar-refractivity contribution in [3.63, 3.8) is 0 Å². The van der Waals surface area contributed by atoms with Crippen molar-refractivity contribution >= 4 is 24.2 Å². The summed E-state index contributed by atoms with van der Waals surface area (Å²) in [7, 11) is 0. The van der Waals surface area contributed by atoms with Gasteiger partial charge in [-0.15, -0.1) is 0 Å². The summed E-state index contributed by atoms with van der Waals surface area (Å²) in [6.45, 7) is 11.3. The molecule has 0 spiro atoms. The van der Waals surface area contributed by atoms with Crippen LogP contribution in [0.5, 0.6) is 11.5 Å². The number of carbonyl (C=O) groups is 4. The number of carboxylic acids is 1. The van der Waals surface area contributed by atoms with Gasteiger partial charge in [0.2, 0.25) is 0 Å². The van der Waals surface area contributed by atoms with Gasteiger partial charge in [-0.3, -0.25) is 9.59 Å². The third-order valence-electron chi connectivity index (χ3n) is 6.12. The average molecular weight is 554 g/mol. The van der Waals surface area contributed by atoms with Crippen LogP contribution in [-0.2, 0) is 30.2 Å². The summed E-state index contributed by atoms with van der Waals surface area (Å²) in [5.41, 5.74) is 4.83. The van der Waals surface area contributed by atoms with Crippen LogP contribution in [0, 0.1) is 11.8 Å². The lowest BCUT2D eigenvalue weighted by Gasteiger charge is -2.29. The normalized spacial score (nSPS) is 14.1. The highest BCUT2D eigenvalue weighted by Crippen LogP contribution is 2.31. The highest BCUT2D eigenvalue weighted by molar-refractivity contribution is 5.79. The van der Waals surface area contributed by atoms with Crippen LogP contribution in [0.15, 0.2) is 18.2 Å². The fraction of sp³-hybridized carbons (Fsp3) is 0.643. The maximum absolute atomic E-state index is 12.3. The van der Waals surface area contributed by atoms with Gasteiger partial charge < -0.3 is 34.5 Å². The van der Waals surface area contributed by atoms with Crippen LogP contribution in [0.25, 0.3) is 0 Å². The monoisotopic (exact) mass is 553 g/mol. The summed E-state index contributed by atoms with van der Waals surface area (Å²) in [4.78, 5) is 48.8. The molecule has 0 aliphatic heterocycles. The van der Waals surface area contributed by atoms with E-state index in [1.807, 2.05) is 27.7 Å². The minimum atomic E-state index is -1.82. The van der Waals surface area contributed by atoms with Crippen LogP contribution in [0.2, 0.25) is 0 Å². The second-order valence-electron chi connectivity index (χ2n) is 10.0. The summed E-state index contributed by atoms with van der Waals surface area (Å²) < 4.78 is 25.9. The molecule has 1 aromatic rings. The van der Waals surface area contributed by atoms with Crippen molar-refractivity contribution in [3.8, 4) is 11.5 Å². The smallest absolute Gasteiger partial charge is 0.480 e. The SMILES string of the molecule is CCCCOC(=O)Oc1ccc(C[C@](N)(C[C@H](C)OC(=O)C(C)C(C)C)C(=O)O)cc1OC(=O)OCCCC. The average Bonchev–Trinajstić information content (AvgIpc) is 2.85. The molecule has 1 aromatic carbocycles. The van der Waals surface area contributed by atoms with Crippen LogP contribution < -0.4 is 15.2 Å². The van der Waals surface area contributed by atoms with Crippen molar-refractivity contribution in [3.05, 3.63) is 23.8 Å². The minimum absolute atomic E-state index is 0.0588. The van der Waals surface area contributed by atoms with E-state index < -0.39 is 35.9 Å². The topological polar surface area (TPSA) is 161 Å². The van der Waals surface area contributed by atoms with E-state index >= 15 is 0 Å². The van der Waals surface area contributed by atoms with E-state index in [1.165, 1.54) is 18.2 Å². The molecule has 11 nitrogen and oxygen atoms in total. The molecule has 3 atom stereocenters. The van der Waals surface area contributed by atoms with E-state index in [0.717, 1.165) is 12.8 Å². The van der Waals surface area contributed by atoms with E-state index in [0.29, 0.717) is 18.4 Å². The Morgan fingerprint density at radius 1 is 0.897 bits per heavy atom. The number of esters is 1. The Bertz CT molecular complexity index is 964. The molecule has 0 radical (unpaired) electrons. The lowest BCUT2D eigenvalue weighted by molar-refractivity contribution is -0.157. The van der Waals surface area contributed by atoms with E-state index in [4.69, 9.17) is 29.4 Å². The zero-order chi connectivity index (χ0) is 29.6. The summed E-state index contributed by atoms with van der Waals surface area (Å²) in [6.07, 6.45) is -0.231. The van der Waals surface area contributed by atoms with E-state index in [1.54, 1.807) is 13.8 Å². The summed E-state index contributed by atoms with van der Waals surface area (Å²) in [5, 5.41) is 9.93. The number of carbonyl (C=O) groups excluding carboxylic acids is 3. The number of rotatable bonds is 16. The van der Waals surface area contributed by atoms with Crippen molar-refractivity contribution in [2.24, 2.45) is 17.6 Å². The summed E-state index contributed by atoms with van der Waals surface area (Å²) in [6, 6.07) is 4.19. The van der Waals surface area contributed by atoms with Crippen molar-refractivity contribution < 1.29 is 48.0 Å². The van der Waals surface area contributed by atoms with E-state index in [2.05, 4.69) is 0 Å². The molecule has 1 rings (SSSR count). The van der Waals surface area contributed by atoms with Crippen LogP contribution in [0.1, 0.15) is 79.2 Å². The number of nitrogens with two attached hydrogens (primary N) is 1. The molecule has 3 N–H and O–H groups in total. The molecule has 0 fully saturated rings. The molecule has 0 aliphatic carbocycles. The zero-order valence-electron chi connectivity index (χ0n) is 23.8. The second-order valence-corrected chi connectivity index (χ2v) is 10.0. The first-order valence-corrected chi connectivity index (χ1v) is 13.4. The highest BCUT2D eigenvalue weighted by atomic mass is 16.7. The van der Waals surface area contributed by atoms with Gasteiger partial charge in [-0.05, 0) is 43.4 Å². The van der Waals surface area contributed by atoms with Crippen LogP contribution in [-0.4, -0.2) is 54.2 Å². The molecule has 0 aliphatic rings. The molecule has 220 valence electrons. The predicted molar refractivity (Wildman–Crippen MR) is 143 cm³/mol. The van der Waals surface area contributed by atoms with E-state index in [-0.39, 0.29) is 49.4 Å². The number of aliphatic carboxylic acids is 1. The molecule has 11 heteroatoms. The number of hydrogen-bond acceptors (Lipinski definition) is 10. The van der Waals surface area contributed by atoms with Gasteiger partial charge in [0.25, 0.3) is 0 Å². The fourth-order valence-electron chi connectivity index (χ4n) is 3.40. The second kappa shape index (κ2) is 16.6. The maximum atomic E-state index is 12.3. The molecule has 0 amide bonds. The molecular weight excluding hydrogens is 510 g/mol. The molecule has 0 saturated carbocycles. The third-order valence-corrected chi connectivity index (χ3v) is 6.12. The van der Waals surface area contributed by atoms with Gasteiger partial charge in [0.05, 0.1) is 19.1 Å². The van der Waals surface area contributed by atoms with Gasteiger partial charge in [0, 0.05) is 12.8 Å². The van der Waals surface area contributed by atoms with Gasteiger partial charge in [0.15, 0.2) is 11.5 Å². The zero-order valence-corrected chi connectivity index (χ0v) is 23.8. The standard InChI is InChI=1S/C28H43NO10/c1-7-9-13-35-26(33)38-22-12-11-21(15-23(22)39-27(34)36-14-10-8-2)17-28(29,25(31)32)16-19(5)37-24(30)20(6)18(3)4/h11-12,15,18-20H,7-10,13-14,16-17,29H2,1-6H3,(H,31,32)/t19-,20?,28+/m0/s1. The Kier molecular flexibility index (Phi) is 14.3. The van der Waals surface area contributed by atoms with Gasteiger partial charge in [-0.1, -0.05) is 53.5 Å². The van der Waals surface area contributed by atoms with Crippen LogP contribution in [0.4, 0.5) is 9.59 Å². The summed E-state index contributed by atoms with van der Waals surface area (Å²) in [5.74, 6) is -2.32. The molecule has 0 heterocycles. The van der Waals surface area contributed by atoms with Gasteiger partial charge in [-0.2, -0.15) is 0 Å². The molecule has 1 unspecified atom stereocenters. The number of hydrogen-bond donors (Lipinski definition) is 2. The Morgan fingerprint density at radius 3 is 1.92 bits per heavy atom.